The number of carbonyl (C=O) groups excluding carboxylic acids is 2. The van der Waals surface area contributed by atoms with Gasteiger partial charge in [-0.05, 0) is 43.2 Å². The number of alkyl halides is 3. The van der Waals surface area contributed by atoms with Gasteiger partial charge in [0.05, 0.1) is 26.7 Å². The van der Waals surface area contributed by atoms with Gasteiger partial charge in [-0.2, -0.15) is 13.2 Å². The first-order chi connectivity index (χ1) is 20.8. The van der Waals surface area contributed by atoms with Crippen LogP contribution < -0.4 is 4.90 Å². The van der Waals surface area contributed by atoms with Crippen LogP contribution in [-0.2, 0) is 20.8 Å². The van der Waals surface area contributed by atoms with Crippen molar-refractivity contribution in [1.29, 1.82) is 0 Å². The van der Waals surface area contributed by atoms with Gasteiger partial charge in [-0.15, -0.1) is 0 Å². The van der Waals surface area contributed by atoms with Crippen molar-refractivity contribution in [3.63, 3.8) is 0 Å². The van der Waals surface area contributed by atoms with E-state index in [1.807, 2.05) is 0 Å². The number of fused-ring (bicyclic) bond motifs is 1. The summed E-state index contributed by atoms with van der Waals surface area (Å²) in [7, 11) is -4.68. The van der Waals surface area contributed by atoms with Crippen LogP contribution in [0, 0.1) is 16.0 Å². The van der Waals surface area contributed by atoms with E-state index in [1.165, 1.54) is 35.2 Å². The Morgan fingerprint density at radius 3 is 2.41 bits per heavy atom. The van der Waals surface area contributed by atoms with E-state index in [0.717, 1.165) is 12.1 Å². The SMILES string of the molecule is CC[C@H](CC(=O)[C@@H]1C[C@@H](S(=O)(=O)c2ccccc2C(F)(F)F)CN1c1ccccc1[N+](=O)[O-])C(=O)c1nc2ccccc2o1. The molecule has 44 heavy (non-hydrogen) atoms. The molecule has 0 unspecified atom stereocenters. The van der Waals surface area contributed by atoms with E-state index in [1.54, 1.807) is 31.2 Å². The number of hydrogen-bond donors (Lipinski definition) is 0. The predicted octanol–water partition coefficient (Wildman–Crippen LogP) is 6.04. The van der Waals surface area contributed by atoms with E-state index in [4.69, 9.17) is 4.42 Å². The van der Waals surface area contributed by atoms with Crippen LogP contribution in [0.2, 0.25) is 0 Å². The number of nitro groups is 1. The van der Waals surface area contributed by atoms with E-state index in [2.05, 4.69) is 4.98 Å². The number of anilines is 1. The van der Waals surface area contributed by atoms with Crippen LogP contribution in [0.15, 0.2) is 82.1 Å². The minimum atomic E-state index is -4.96. The normalized spacial score (nSPS) is 18.0. The molecule has 0 amide bonds. The molecule has 5 rings (SSSR count). The van der Waals surface area contributed by atoms with Gasteiger partial charge in [0, 0.05) is 24.9 Å². The number of benzene rings is 3. The highest BCUT2D eigenvalue weighted by Crippen LogP contribution is 2.41. The molecule has 1 saturated heterocycles. The smallest absolute Gasteiger partial charge is 0.417 e. The summed E-state index contributed by atoms with van der Waals surface area (Å²) < 4.78 is 74.2. The molecule has 0 aliphatic carbocycles. The quantitative estimate of drug-likeness (QED) is 0.117. The van der Waals surface area contributed by atoms with Gasteiger partial charge in [-0.1, -0.05) is 43.3 Å². The standard InChI is InChI=1S/C30H26F3N3O7S/c1-2-18(28(38)29-34-21-10-4-7-13-26(21)43-29)15-25(37)24-16-19(17-35(24)22-11-5-6-12-23(22)36(39)40)44(41,42)27-14-8-3-9-20(27)30(31,32)33/h3-14,18-19,24H,2,15-17H2,1H3/t18-,19-,24+/m1/s1. The lowest BCUT2D eigenvalue weighted by Crippen LogP contribution is -2.38. The van der Waals surface area contributed by atoms with E-state index in [0.29, 0.717) is 17.2 Å². The molecule has 14 heteroatoms. The number of carbonyl (C=O) groups is 2. The van der Waals surface area contributed by atoms with Crippen LogP contribution in [0.25, 0.3) is 11.1 Å². The van der Waals surface area contributed by atoms with Gasteiger partial charge in [0.15, 0.2) is 21.2 Å². The number of para-hydroxylation sites is 4. The van der Waals surface area contributed by atoms with Gasteiger partial charge in [0.25, 0.3) is 11.6 Å². The van der Waals surface area contributed by atoms with Crippen molar-refractivity contribution < 1.29 is 40.5 Å². The lowest BCUT2D eigenvalue weighted by Gasteiger charge is -2.26. The van der Waals surface area contributed by atoms with Crippen molar-refractivity contribution in [2.75, 3.05) is 11.4 Å². The van der Waals surface area contributed by atoms with E-state index < -0.39 is 78.8 Å². The Morgan fingerprint density at radius 1 is 1.07 bits per heavy atom. The number of oxazole rings is 1. The van der Waals surface area contributed by atoms with Gasteiger partial charge in [-0.25, -0.2) is 13.4 Å². The molecule has 3 aromatic carbocycles. The minimum Gasteiger partial charge on any atom is -0.434 e. The van der Waals surface area contributed by atoms with Crippen molar-refractivity contribution in [2.45, 2.75) is 48.5 Å². The number of hydrogen-bond acceptors (Lipinski definition) is 9. The van der Waals surface area contributed by atoms with Gasteiger partial charge >= 0.3 is 6.18 Å². The second-order valence-corrected chi connectivity index (χ2v) is 12.6. The zero-order valence-electron chi connectivity index (χ0n) is 23.2. The zero-order valence-corrected chi connectivity index (χ0v) is 24.0. The molecule has 0 saturated carbocycles. The maximum Gasteiger partial charge on any atom is 0.417 e. The molecule has 0 N–H and O–H groups in total. The molecule has 1 fully saturated rings. The average molecular weight is 630 g/mol. The fraction of sp³-hybridized carbons (Fsp3) is 0.300. The number of nitro benzene ring substituents is 1. The van der Waals surface area contributed by atoms with Crippen molar-refractivity contribution in [1.82, 2.24) is 4.98 Å². The summed E-state index contributed by atoms with van der Waals surface area (Å²) in [6.07, 6.45) is -5.58. The summed E-state index contributed by atoms with van der Waals surface area (Å²) in [4.78, 5) is 42.8. The summed E-state index contributed by atoms with van der Waals surface area (Å²) in [6, 6.07) is 14.6. The third-order valence-electron chi connectivity index (χ3n) is 7.78. The molecular formula is C30H26F3N3O7S. The van der Waals surface area contributed by atoms with Crippen LogP contribution in [0.4, 0.5) is 24.5 Å². The van der Waals surface area contributed by atoms with E-state index in [-0.39, 0.29) is 24.4 Å². The summed E-state index contributed by atoms with van der Waals surface area (Å²) in [5, 5.41) is 10.3. The van der Waals surface area contributed by atoms with Crippen LogP contribution in [-0.4, -0.2) is 47.7 Å². The lowest BCUT2D eigenvalue weighted by molar-refractivity contribution is -0.384. The van der Waals surface area contributed by atoms with Gasteiger partial charge in [-0.3, -0.25) is 19.7 Å². The Balaban J connectivity index is 1.50. The number of ketones is 2. The molecule has 2 heterocycles. The first kappa shape index (κ1) is 30.9. The molecule has 0 radical (unpaired) electrons. The van der Waals surface area contributed by atoms with Crippen molar-refractivity contribution >= 4 is 43.9 Å². The first-order valence-corrected chi connectivity index (χ1v) is 15.2. The highest BCUT2D eigenvalue weighted by Gasteiger charge is 2.47. The number of halogens is 3. The Morgan fingerprint density at radius 2 is 1.73 bits per heavy atom. The molecule has 230 valence electrons. The van der Waals surface area contributed by atoms with Crippen LogP contribution >= 0.6 is 0 Å². The maximum atomic E-state index is 13.8. The van der Waals surface area contributed by atoms with Crippen molar-refractivity contribution in [3.8, 4) is 0 Å². The molecule has 3 atom stereocenters. The Kier molecular flexibility index (Phi) is 8.30. The maximum absolute atomic E-state index is 13.8. The van der Waals surface area contributed by atoms with Crippen molar-refractivity contribution in [3.05, 3.63) is 94.4 Å². The fourth-order valence-corrected chi connectivity index (χ4v) is 7.45. The largest absolute Gasteiger partial charge is 0.434 e. The topological polar surface area (TPSA) is 141 Å². The van der Waals surface area contributed by atoms with Crippen LogP contribution in [0.3, 0.4) is 0 Å². The highest BCUT2D eigenvalue weighted by atomic mass is 32.2. The molecule has 4 aromatic rings. The summed E-state index contributed by atoms with van der Waals surface area (Å²) in [5.74, 6) is -2.25. The molecule has 0 spiro atoms. The lowest BCUT2D eigenvalue weighted by atomic mass is 9.91. The summed E-state index contributed by atoms with van der Waals surface area (Å²) in [5.41, 5.74) is -0.989. The molecule has 1 aromatic heterocycles. The van der Waals surface area contributed by atoms with Crippen LogP contribution in [0.5, 0.6) is 0 Å². The van der Waals surface area contributed by atoms with Crippen molar-refractivity contribution in [2.24, 2.45) is 5.92 Å². The zero-order chi connectivity index (χ0) is 31.8. The monoisotopic (exact) mass is 629 g/mol. The van der Waals surface area contributed by atoms with Gasteiger partial charge in [0.2, 0.25) is 5.78 Å². The third-order valence-corrected chi connectivity index (χ3v) is 9.96. The Bertz CT molecular complexity index is 1820. The number of nitrogens with zero attached hydrogens (tertiary/aromatic N) is 3. The Labute approximate surface area is 249 Å². The molecule has 0 bridgehead atoms. The first-order valence-electron chi connectivity index (χ1n) is 13.7. The van der Waals surface area contributed by atoms with E-state index in [9.17, 15) is 41.3 Å². The number of aromatic nitrogens is 1. The molecule has 1 aliphatic heterocycles. The average Bonchev–Trinajstić information content (AvgIpc) is 3.65. The number of rotatable bonds is 10. The molecule has 10 nitrogen and oxygen atoms in total. The number of sulfone groups is 1. The summed E-state index contributed by atoms with van der Waals surface area (Å²) in [6.45, 7) is 1.19. The predicted molar refractivity (Wildman–Crippen MR) is 153 cm³/mol. The van der Waals surface area contributed by atoms with Gasteiger partial charge < -0.3 is 9.32 Å². The number of Topliss-reactive ketones (excluding diaryl/α,β-unsaturated/α-hetero) is 2. The molecular weight excluding hydrogens is 603 g/mol. The highest BCUT2D eigenvalue weighted by molar-refractivity contribution is 7.92. The van der Waals surface area contributed by atoms with E-state index >= 15 is 0 Å². The van der Waals surface area contributed by atoms with Gasteiger partial charge in [0.1, 0.15) is 11.2 Å². The fourth-order valence-electron chi connectivity index (χ4n) is 5.54. The second kappa shape index (κ2) is 11.8. The molecule has 1 aliphatic rings. The summed E-state index contributed by atoms with van der Waals surface area (Å²) >= 11 is 0. The Hall–Kier alpha value is -4.59. The third kappa shape index (κ3) is 5.81. The van der Waals surface area contributed by atoms with Crippen LogP contribution in [0.1, 0.15) is 42.4 Å². The second-order valence-electron chi connectivity index (χ2n) is 10.4. The minimum absolute atomic E-state index is 0.0593.